The van der Waals surface area contributed by atoms with Gasteiger partial charge < -0.3 is 9.64 Å². The predicted octanol–water partition coefficient (Wildman–Crippen LogP) is 2.88. The molecule has 1 aliphatic carbocycles. The average Bonchev–Trinajstić information content (AvgIpc) is 3.41. The molecule has 32 heavy (non-hydrogen) atoms. The maximum atomic E-state index is 12.5. The van der Waals surface area contributed by atoms with Gasteiger partial charge in [0.15, 0.2) is 6.19 Å². The standard InChI is InChI=1S/C23H25ClN6O2/c1-15-18(5-3-6-20(15)32-2)27-23(26-14-25)30-13-19(29-12-4-7-21(29)31)22(28-30)16-8-10-17(24)11-9-16/h3,5-6,8-11,15,19-20H,4,7,12-13H2,1-2H3,(H,26,27). The summed E-state index contributed by atoms with van der Waals surface area (Å²) in [4.78, 5) is 19.1. The van der Waals surface area contributed by atoms with E-state index in [0.29, 0.717) is 30.5 Å². The van der Waals surface area contributed by atoms with E-state index in [1.54, 1.807) is 24.3 Å². The van der Waals surface area contributed by atoms with Crippen LogP contribution in [-0.4, -0.2) is 59.8 Å². The van der Waals surface area contributed by atoms with Gasteiger partial charge in [0.25, 0.3) is 0 Å². The molecule has 3 atom stereocenters. The van der Waals surface area contributed by atoms with Crippen molar-refractivity contribution >= 4 is 29.2 Å². The predicted molar refractivity (Wildman–Crippen MR) is 123 cm³/mol. The molecule has 4 rings (SSSR count). The summed E-state index contributed by atoms with van der Waals surface area (Å²) in [5, 5.41) is 19.1. The van der Waals surface area contributed by atoms with Crippen molar-refractivity contribution in [2.24, 2.45) is 16.0 Å². The maximum Gasteiger partial charge on any atom is 0.233 e. The first kappa shape index (κ1) is 22.1. The second-order valence-electron chi connectivity index (χ2n) is 7.92. The number of hydrogen-bond acceptors (Lipinski definition) is 5. The summed E-state index contributed by atoms with van der Waals surface area (Å²) in [6.07, 6.45) is 9.01. The Morgan fingerprint density at radius 1 is 1.38 bits per heavy atom. The number of amides is 1. The Kier molecular flexibility index (Phi) is 6.58. The quantitative estimate of drug-likeness (QED) is 0.328. The normalized spacial score (nSPS) is 25.6. The molecule has 2 aliphatic heterocycles. The Morgan fingerprint density at radius 2 is 2.16 bits per heavy atom. The zero-order valence-electron chi connectivity index (χ0n) is 18.0. The number of ether oxygens (including phenoxy) is 1. The van der Waals surface area contributed by atoms with Gasteiger partial charge in [-0.1, -0.05) is 42.8 Å². The summed E-state index contributed by atoms with van der Waals surface area (Å²) < 4.78 is 5.50. The number of nitrogens with one attached hydrogen (secondary N) is 1. The number of methoxy groups -OCH3 is 1. The van der Waals surface area contributed by atoms with Crippen molar-refractivity contribution in [1.29, 1.82) is 5.26 Å². The molecule has 1 aromatic rings. The summed E-state index contributed by atoms with van der Waals surface area (Å²) in [5.41, 5.74) is 2.41. The average molecular weight is 453 g/mol. The summed E-state index contributed by atoms with van der Waals surface area (Å²) in [7, 11) is 1.66. The number of hydrogen-bond donors (Lipinski definition) is 1. The number of allylic oxidation sites excluding steroid dienone is 2. The zero-order chi connectivity index (χ0) is 22.7. The monoisotopic (exact) mass is 452 g/mol. The van der Waals surface area contributed by atoms with Gasteiger partial charge in [-0.15, -0.1) is 0 Å². The molecule has 0 saturated carbocycles. The number of aliphatic imine (C=N–C) groups is 1. The van der Waals surface area contributed by atoms with Crippen LogP contribution in [0.2, 0.25) is 5.02 Å². The fourth-order valence-corrected chi connectivity index (χ4v) is 4.36. The van der Waals surface area contributed by atoms with Crippen LogP contribution in [0.3, 0.4) is 0 Å². The van der Waals surface area contributed by atoms with Gasteiger partial charge in [-0.25, -0.2) is 10.0 Å². The molecule has 2 heterocycles. The first-order valence-electron chi connectivity index (χ1n) is 10.6. The van der Waals surface area contributed by atoms with E-state index in [4.69, 9.17) is 26.4 Å². The molecule has 0 radical (unpaired) electrons. The first-order valence-corrected chi connectivity index (χ1v) is 11.0. The number of carbonyl (C=O) groups is 1. The summed E-state index contributed by atoms with van der Waals surface area (Å²) in [5.74, 6) is 0.442. The molecule has 9 heteroatoms. The van der Waals surface area contributed by atoms with E-state index in [2.05, 4.69) is 5.32 Å². The van der Waals surface area contributed by atoms with Crippen LogP contribution >= 0.6 is 11.6 Å². The third-order valence-corrected chi connectivity index (χ3v) is 6.21. The summed E-state index contributed by atoms with van der Waals surface area (Å²) in [6, 6.07) is 7.17. The van der Waals surface area contributed by atoms with Gasteiger partial charge in [-0.05, 0) is 24.6 Å². The summed E-state index contributed by atoms with van der Waals surface area (Å²) >= 11 is 6.07. The number of likely N-dealkylation sites (tertiary alicyclic amines) is 1. The van der Waals surface area contributed by atoms with Crippen molar-refractivity contribution in [3.05, 3.63) is 58.8 Å². The van der Waals surface area contributed by atoms with Crippen molar-refractivity contribution in [2.45, 2.75) is 31.9 Å². The molecule has 8 nitrogen and oxygen atoms in total. The van der Waals surface area contributed by atoms with Gasteiger partial charge in [0.1, 0.15) is 0 Å². The van der Waals surface area contributed by atoms with Crippen LogP contribution in [0, 0.1) is 17.4 Å². The van der Waals surface area contributed by atoms with Crippen LogP contribution in [0.1, 0.15) is 25.3 Å². The molecule has 1 fully saturated rings. The van der Waals surface area contributed by atoms with Crippen molar-refractivity contribution in [1.82, 2.24) is 15.2 Å². The molecule has 0 aromatic heterocycles. The lowest BCUT2D eigenvalue weighted by atomic mass is 9.96. The Morgan fingerprint density at radius 3 is 2.81 bits per heavy atom. The summed E-state index contributed by atoms with van der Waals surface area (Å²) in [6.45, 7) is 3.11. The highest BCUT2D eigenvalue weighted by atomic mass is 35.5. The third-order valence-electron chi connectivity index (χ3n) is 5.96. The Bertz CT molecular complexity index is 1040. The molecule has 1 aromatic carbocycles. The molecule has 3 unspecified atom stereocenters. The van der Waals surface area contributed by atoms with Crippen LogP contribution in [0.15, 0.2) is 58.3 Å². The highest BCUT2D eigenvalue weighted by Crippen LogP contribution is 2.27. The van der Waals surface area contributed by atoms with E-state index < -0.39 is 0 Å². The first-order chi connectivity index (χ1) is 15.5. The number of rotatable bonds is 4. The molecule has 1 N–H and O–H groups in total. The highest BCUT2D eigenvalue weighted by molar-refractivity contribution is 6.30. The second-order valence-corrected chi connectivity index (χ2v) is 8.35. The molecule has 1 amide bonds. The lowest BCUT2D eigenvalue weighted by Crippen LogP contribution is -2.45. The van der Waals surface area contributed by atoms with Gasteiger partial charge >= 0.3 is 0 Å². The van der Waals surface area contributed by atoms with Crippen LogP contribution in [-0.2, 0) is 9.53 Å². The number of benzene rings is 1. The largest absolute Gasteiger partial charge is 0.377 e. The van der Waals surface area contributed by atoms with Gasteiger partial charge in [0.05, 0.1) is 30.1 Å². The van der Waals surface area contributed by atoms with E-state index in [1.165, 1.54) is 0 Å². The Hall–Kier alpha value is -3.15. The SMILES string of the molecule is COC1C=CC=C(N=C(NC#N)N2CC(N3CCCC3=O)C(c3ccc(Cl)cc3)=N2)C1C. The number of hydrazone groups is 1. The van der Waals surface area contributed by atoms with Crippen molar-refractivity contribution in [2.75, 3.05) is 20.2 Å². The molecule has 1 saturated heterocycles. The number of guanidine groups is 1. The molecular weight excluding hydrogens is 428 g/mol. The number of nitriles is 1. The third kappa shape index (κ3) is 4.40. The van der Waals surface area contributed by atoms with Gasteiger partial charge in [-0.3, -0.25) is 10.1 Å². The van der Waals surface area contributed by atoms with Crippen LogP contribution in [0.4, 0.5) is 0 Å². The molecule has 0 spiro atoms. The zero-order valence-corrected chi connectivity index (χ0v) is 18.8. The van der Waals surface area contributed by atoms with E-state index in [0.717, 1.165) is 23.4 Å². The van der Waals surface area contributed by atoms with Crippen molar-refractivity contribution in [3.8, 4) is 6.19 Å². The minimum Gasteiger partial charge on any atom is -0.377 e. The van der Waals surface area contributed by atoms with Crippen molar-refractivity contribution in [3.63, 3.8) is 0 Å². The lowest BCUT2D eigenvalue weighted by Gasteiger charge is -2.26. The maximum absolute atomic E-state index is 12.5. The topological polar surface area (TPSA) is 93.3 Å². The number of nitrogens with zero attached hydrogens (tertiary/aromatic N) is 5. The second kappa shape index (κ2) is 9.55. The van der Waals surface area contributed by atoms with Gasteiger partial charge in [0, 0.05) is 36.6 Å². The molecule has 0 bridgehead atoms. The lowest BCUT2D eigenvalue weighted by molar-refractivity contribution is -0.128. The van der Waals surface area contributed by atoms with Crippen LogP contribution in [0.5, 0.6) is 0 Å². The minimum absolute atomic E-state index is 0.0127. The van der Waals surface area contributed by atoms with E-state index >= 15 is 0 Å². The van der Waals surface area contributed by atoms with Crippen LogP contribution < -0.4 is 5.32 Å². The number of carbonyl (C=O) groups excluding carboxylic acids is 1. The smallest absolute Gasteiger partial charge is 0.233 e. The van der Waals surface area contributed by atoms with E-state index in [9.17, 15) is 10.1 Å². The minimum atomic E-state index is -0.235. The fourth-order valence-electron chi connectivity index (χ4n) is 4.23. The molecule has 3 aliphatic rings. The van der Waals surface area contributed by atoms with E-state index in [-0.39, 0.29) is 24.0 Å². The number of halogens is 1. The highest BCUT2D eigenvalue weighted by Gasteiger charge is 2.38. The van der Waals surface area contributed by atoms with Gasteiger partial charge in [-0.2, -0.15) is 10.4 Å². The Labute approximate surface area is 192 Å². The fraction of sp³-hybridized carbons (Fsp3) is 0.391. The Balaban J connectivity index is 1.69. The van der Waals surface area contributed by atoms with Gasteiger partial charge in [0.2, 0.25) is 11.9 Å². The molecule has 166 valence electrons. The molecular formula is C23H25ClN6O2. The van der Waals surface area contributed by atoms with E-state index in [1.807, 2.05) is 48.4 Å². The van der Waals surface area contributed by atoms with Crippen molar-refractivity contribution < 1.29 is 9.53 Å². The van der Waals surface area contributed by atoms with Crippen LogP contribution in [0.25, 0.3) is 0 Å².